The van der Waals surface area contributed by atoms with E-state index in [1.807, 2.05) is 24.5 Å². The van der Waals surface area contributed by atoms with E-state index in [9.17, 15) is 5.26 Å². The topological polar surface area (TPSA) is 57.2 Å². The summed E-state index contributed by atoms with van der Waals surface area (Å²) in [5, 5.41) is 10.3. The van der Waals surface area contributed by atoms with E-state index in [0.29, 0.717) is 11.6 Å². The number of benzene rings is 2. The normalized spacial score (nSPS) is 13.9. The van der Waals surface area contributed by atoms with Crippen LogP contribution in [-0.2, 0) is 13.0 Å². The van der Waals surface area contributed by atoms with Gasteiger partial charge in [-0.3, -0.25) is 9.38 Å². The molecule has 6 rings (SSSR count). The molecule has 0 aliphatic heterocycles. The molecule has 0 radical (unpaired) electrons. The summed E-state index contributed by atoms with van der Waals surface area (Å²) in [6.45, 7) is 5.07. The molecule has 0 bridgehead atoms. The van der Waals surface area contributed by atoms with Crippen molar-refractivity contribution in [1.29, 1.82) is 5.26 Å². The molecule has 0 unspecified atom stereocenters. The van der Waals surface area contributed by atoms with Gasteiger partial charge in [-0.05, 0) is 73.2 Å². The van der Waals surface area contributed by atoms with Crippen LogP contribution in [0.15, 0.2) is 73.1 Å². The van der Waals surface area contributed by atoms with Gasteiger partial charge < -0.3 is 4.90 Å². The van der Waals surface area contributed by atoms with Crippen molar-refractivity contribution in [3.63, 3.8) is 0 Å². The molecular weight excluding hydrogens is 454 g/mol. The summed E-state index contributed by atoms with van der Waals surface area (Å²) in [4.78, 5) is 11.9. The minimum absolute atomic E-state index is 0.431. The first kappa shape index (κ1) is 23.2. The maximum absolute atomic E-state index is 10.3. The van der Waals surface area contributed by atoms with Gasteiger partial charge in [0.25, 0.3) is 0 Å². The zero-order valence-corrected chi connectivity index (χ0v) is 21.5. The predicted octanol–water partition coefficient (Wildman–Crippen LogP) is 6.91. The van der Waals surface area contributed by atoms with Gasteiger partial charge in [-0.2, -0.15) is 5.26 Å². The average molecular weight is 486 g/mol. The highest BCUT2D eigenvalue weighted by Gasteiger charge is 2.30. The van der Waals surface area contributed by atoms with Crippen molar-refractivity contribution in [2.75, 3.05) is 4.90 Å². The smallest absolute Gasteiger partial charge is 0.157 e. The lowest BCUT2D eigenvalue weighted by molar-refractivity contribution is 0.593. The minimum atomic E-state index is 0.431. The molecule has 5 aromatic rings. The fourth-order valence-corrected chi connectivity index (χ4v) is 5.95. The monoisotopic (exact) mass is 485 g/mol. The summed E-state index contributed by atoms with van der Waals surface area (Å²) in [7, 11) is 0. The number of rotatable bonds is 6. The van der Waals surface area contributed by atoms with Crippen LogP contribution in [0.25, 0.3) is 16.7 Å². The fourth-order valence-electron chi connectivity index (χ4n) is 5.95. The molecule has 1 aliphatic rings. The SMILES string of the molecule is Cc1ccccc1Cc1c(C)c(C#N)c2nc3ccccc3n2c1N(Cc1ccncc1)C1CCCC1. The van der Waals surface area contributed by atoms with E-state index in [-0.39, 0.29) is 0 Å². The summed E-state index contributed by atoms with van der Waals surface area (Å²) in [5.74, 6) is 1.17. The number of nitriles is 1. The Bertz CT molecular complexity index is 1620. The molecule has 0 spiro atoms. The van der Waals surface area contributed by atoms with E-state index in [2.05, 4.69) is 82.7 Å². The lowest BCUT2D eigenvalue weighted by Gasteiger charge is -2.35. The van der Waals surface area contributed by atoms with Crippen molar-refractivity contribution in [2.45, 2.75) is 58.5 Å². The van der Waals surface area contributed by atoms with Crippen LogP contribution in [0.2, 0.25) is 0 Å². The number of pyridine rings is 2. The van der Waals surface area contributed by atoms with Gasteiger partial charge in [-0.1, -0.05) is 49.2 Å². The second-order valence-electron chi connectivity index (χ2n) is 10.2. The maximum Gasteiger partial charge on any atom is 0.157 e. The van der Waals surface area contributed by atoms with Gasteiger partial charge in [0.2, 0.25) is 0 Å². The number of nitrogens with zero attached hydrogens (tertiary/aromatic N) is 5. The summed E-state index contributed by atoms with van der Waals surface area (Å²) >= 11 is 0. The fraction of sp³-hybridized carbons (Fsp3) is 0.281. The third kappa shape index (κ3) is 4.13. The van der Waals surface area contributed by atoms with Gasteiger partial charge in [0.1, 0.15) is 11.9 Å². The van der Waals surface area contributed by atoms with Crippen LogP contribution in [0, 0.1) is 25.2 Å². The second-order valence-corrected chi connectivity index (χ2v) is 10.2. The van der Waals surface area contributed by atoms with Crippen molar-refractivity contribution in [3.05, 3.63) is 106 Å². The summed E-state index contributed by atoms with van der Waals surface area (Å²) in [6.07, 6.45) is 9.35. The molecule has 184 valence electrons. The molecule has 1 aliphatic carbocycles. The molecule has 1 fully saturated rings. The average Bonchev–Trinajstić information content (AvgIpc) is 3.59. The lowest BCUT2D eigenvalue weighted by atomic mass is 9.94. The molecule has 37 heavy (non-hydrogen) atoms. The minimum Gasteiger partial charge on any atom is -0.350 e. The van der Waals surface area contributed by atoms with E-state index in [1.165, 1.54) is 53.8 Å². The van der Waals surface area contributed by atoms with Crippen LogP contribution in [-0.4, -0.2) is 20.4 Å². The zero-order valence-electron chi connectivity index (χ0n) is 21.5. The molecule has 2 aromatic carbocycles. The Hall–Kier alpha value is -4.17. The molecule has 0 N–H and O–H groups in total. The van der Waals surface area contributed by atoms with Crippen molar-refractivity contribution in [2.24, 2.45) is 0 Å². The Balaban J connectivity index is 1.69. The Morgan fingerprint density at radius 3 is 2.46 bits per heavy atom. The van der Waals surface area contributed by atoms with Crippen LogP contribution in [0.5, 0.6) is 0 Å². The van der Waals surface area contributed by atoms with Crippen molar-refractivity contribution in [3.8, 4) is 6.07 Å². The standard InChI is InChI=1S/C32H31N5/c1-22-9-3-4-10-25(22)19-27-23(2)28(20-33)31-35-29-13-7-8-14-30(29)37(31)32(27)36(26-11-5-6-12-26)21-24-15-17-34-18-16-24/h3-4,7-10,13-18,26H,5-6,11-12,19,21H2,1-2H3. The van der Waals surface area contributed by atoms with Crippen molar-refractivity contribution >= 4 is 22.5 Å². The quantitative estimate of drug-likeness (QED) is 0.262. The third-order valence-electron chi connectivity index (χ3n) is 7.97. The van der Waals surface area contributed by atoms with Crippen molar-refractivity contribution in [1.82, 2.24) is 14.4 Å². The predicted molar refractivity (Wildman–Crippen MR) is 149 cm³/mol. The summed E-state index contributed by atoms with van der Waals surface area (Å²) < 4.78 is 2.27. The van der Waals surface area contributed by atoms with Crippen LogP contribution in [0.4, 0.5) is 5.82 Å². The first-order valence-electron chi connectivity index (χ1n) is 13.2. The first-order chi connectivity index (χ1) is 18.2. The van der Waals surface area contributed by atoms with E-state index < -0.39 is 0 Å². The number of anilines is 1. The molecule has 0 amide bonds. The van der Waals surface area contributed by atoms with E-state index in [0.717, 1.165) is 35.2 Å². The van der Waals surface area contributed by atoms with Gasteiger partial charge >= 0.3 is 0 Å². The Labute approximate surface area is 218 Å². The van der Waals surface area contributed by atoms with E-state index in [4.69, 9.17) is 4.98 Å². The molecular formula is C32H31N5. The van der Waals surface area contributed by atoms with Crippen LogP contribution in [0.3, 0.4) is 0 Å². The highest BCUT2D eigenvalue weighted by atomic mass is 15.3. The van der Waals surface area contributed by atoms with Gasteiger partial charge in [-0.15, -0.1) is 0 Å². The lowest BCUT2D eigenvalue weighted by Crippen LogP contribution is -2.35. The molecule has 3 aromatic heterocycles. The van der Waals surface area contributed by atoms with E-state index in [1.54, 1.807) is 0 Å². The van der Waals surface area contributed by atoms with E-state index >= 15 is 0 Å². The van der Waals surface area contributed by atoms with Crippen LogP contribution in [0.1, 0.15) is 59.1 Å². The largest absolute Gasteiger partial charge is 0.350 e. The maximum atomic E-state index is 10.3. The number of imidazole rings is 1. The third-order valence-corrected chi connectivity index (χ3v) is 7.97. The van der Waals surface area contributed by atoms with Gasteiger partial charge in [-0.25, -0.2) is 4.98 Å². The van der Waals surface area contributed by atoms with Crippen LogP contribution < -0.4 is 4.90 Å². The van der Waals surface area contributed by atoms with Crippen molar-refractivity contribution < 1.29 is 0 Å². The van der Waals surface area contributed by atoms with Gasteiger partial charge in [0, 0.05) is 37.0 Å². The Kier molecular flexibility index (Phi) is 6.10. The Morgan fingerprint density at radius 2 is 1.70 bits per heavy atom. The number of aryl methyl sites for hydroxylation is 1. The van der Waals surface area contributed by atoms with Crippen LogP contribution >= 0.6 is 0 Å². The second kappa shape index (κ2) is 9.71. The molecule has 5 heteroatoms. The molecule has 5 nitrogen and oxygen atoms in total. The van der Waals surface area contributed by atoms with Gasteiger partial charge in [0.05, 0.1) is 16.6 Å². The first-order valence-corrected chi connectivity index (χ1v) is 13.2. The molecule has 1 saturated carbocycles. The summed E-state index contributed by atoms with van der Waals surface area (Å²) in [6, 6.07) is 24.0. The molecule has 0 saturated heterocycles. The molecule has 3 heterocycles. The Morgan fingerprint density at radius 1 is 0.973 bits per heavy atom. The van der Waals surface area contributed by atoms with Gasteiger partial charge in [0.15, 0.2) is 5.65 Å². The number of hydrogen-bond acceptors (Lipinski definition) is 4. The highest BCUT2D eigenvalue weighted by Crippen LogP contribution is 2.39. The highest BCUT2D eigenvalue weighted by molar-refractivity contribution is 5.86. The number of fused-ring (bicyclic) bond motifs is 3. The zero-order chi connectivity index (χ0) is 25.4. The number of hydrogen-bond donors (Lipinski definition) is 0. The summed E-state index contributed by atoms with van der Waals surface area (Å²) in [5.41, 5.74) is 9.42. The number of aromatic nitrogens is 3. The molecule has 0 atom stereocenters. The number of para-hydroxylation sites is 2.